The first-order chi connectivity index (χ1) is 13.9. The number of Topliss-reactive ketones (excluding diaryl/α,β-unsaturated/α-hetero) is 1. The van der Waals surface area contributed by atoms with Crippen LogP contribution in [-0.2, 0) is 4.79 Å². The maximum atomic E-state index is 12.2. The van der Waals surface area contributed by atoms with Gasteiger partial charge in [-0.25, -0.2) is 0 Å². The largest absolute Gasteiger partial charge is 0.480 e. The molecule has 1 aromatic heterocycles. The second-order valence-electron chi connectivity index (χ2n) is 7.30. The van der Waals surface area contributed by atoms with Crippen LogP contribution < -0.4 is 4.90 Å². The number of benzene rings is 2. The lowest BCUT2D eigenvalue weighted by molar-refractivity contribution is -0.143. The summed E-state index contributed by atoms with van der Waals surface area (Å²) in [4.78, 5) is 31.1. The second kappa shape index (κ2) is 8.00. The van der Waals surface area contributed by atoms with E-state index < -0.39 is 12.0 Å². The topological polar surface area (TPSA) is 76.6 Å². The number of halogens is 1. The molecule has 1 atom stereocenters. The van der Waals surface area contributed by atoms with Gasteiger partial charge in [0, 0.05) is 64.6 Å². The van der Waals surface area contributed by atoms with Gasteiger partial charge in [0.05, 0.1) is 0 Å². The van der Waals surface area contributed by atoms with Crippen LogP contribution in [0.2, 0.25) is 0 Å². The molecule has 0 unspecified atom stereocenters. The summed E-state index contributed by atoms with van der Waals surface area (Å²) in [5.74, 6) is -0.791. The normalized spacial score (nSPS) is 16.1. The third-order valence-electron chi connectivity index (χ3n) is 5.52. The molecular formula is C22H22BrN3O3. The number of aromatic amines is 1. The van der Waals surface area contributed by atoms with Crippen LogP contribution in [0.1, 0.15) is 28.9 Å². The zero-order valence-corrected chi connectivity index (χ0v) is 17.6. The van der Waals surface area contributed by atoms with Crippen molar-refractivity contribution >= 4 is 44.3 Å². The maximum absolute atomic E-state index is 12.2. The Balaban J connectivity index is 1.53. The predicted octanol–water partition coefficient (Wildman–Crippen LogP) is 4.08. The molecule has 0 aliphatic carbocycles. The minimum absolute atomic E-state index is 0.0519. The summed E-state index contributed by atoms with van der Waals surface area (Å²) in [6.07, 6.45) is 1.81. The van der Waals surface area contributed by atoms with Crippen molar-refractivity contribution in [1.29, 1.82) is 0 Å². The molecule has 150 valence electrons. The molecule has 0 spiro atoms. The van der Waals surface area contributed by atoms with Gasteiger partial charge in [-0.15, -0.1) is 0 Å². The smallest absolute Gasteiger partial charge is 0.325 e. The number of rotatable bonds is 5. The minimum Gasteiger partial charge on any atom is -0.480 e. The van der Waals surface area contributed by atoms with E-state index in [0.29, 0.717) is 18.7 Å². The number of carbonyl (C=O) groups is 2. The number of hydrogen-bond donors (Lipinski definition) is 2. The number of nitrogens with zero attached hydrogens (tertiary/aromatic N) is 2. The standard InChI is InChI=1S/C22H22BrN3O3/c1-14(27)15-2-5-17(6-3-15)25-8-10-26(11-9-25)21(22(28)29)19-13-24-20-7-4-16(23)12-18(19)20/h2-7,12-13,21,24H,8-11H2,1H3,(H,28,29)/t21-/m0/s1. The van der Waals surface area contributed by atoms with Crippen molar-refractivity contribution in [3.8, 4) is 0 Å². The van der Waals surface area contributed by atoms with E-state index in [1.54, 1.807) is 6.92 Å². The number of aliphatic carboxylic acids is 1. The van der Waals surface area contributed by atoms with Gasteiger partial charge in [0.15, 0.2) is 5.78 Å². The van der Waals surface area contributed by atoms with Gasteiger partial charge in [-0.3, -0.25) is 14.5 Å². The number of piperazine rings is 1. The van der Waals surface area contributed by atoms with Crippen molar-refractivity contribution < 1.29 is 14.7 Å². The van der Waals surface area contributed by atoms with Gasteiger partial charge in [0.25, 0.3) is 0 Å². The summed E-state index contributed by atoms with van der Waals surface area (Å²) in [5, 5.41) is 10.9. The molecule has 4 rings (SSSR count). The molecule has 1 saturated heterocycles. The Kier molecular flexibility index (Phi) is 5.43. The fourth-order valence-electron chi connectivity index (χ4n) is 3.97. The number of anilines is 1. The second-order valence-corrected chi connectivity index (χ2v) is 8.22. The summed E-state index contributed by atoms with van der Waals surface area (Å²) in [6, 6.07) is 12.8. The molecule has 2 N–H and O–H groups in total. The molecule has 2 aromatic carbocycles. The van der Waals surface area contributed by atoms with Crippen LogP contribution in [0.25, 0.3) is 10.9 Å². The molecular weight excluding hydrogens is 434 g/mol. The van der Waals surface area contributed by atoms with Crippen molar-refractivity contribution in [2.45, 2.75) is 13.0 Å². The van der Waals surface area contributed by atoms with Crippen LogP contribution in [0, 0.1) is 0 Å². The van der Waals surface area contributed by atoms with Gasteiger partial charge >= 0.3 is 5.97 Å². The van der Waals surface area contributed by atoms with Crippen LogP contribution in [0.5, 0.6) is 0 Å². The van der Waals surface area contributed by atoms with Crippen LogP contribution in [0.4, 0.5) is 5.69 Å². The zero-order chi connectivity index (χ0) is 20.5. The fourth-order valence-corrected chi connectivity index (χ4v) is 4.33. The monoisotopic (exact) mass is 455 g/mol. The van der Waals surface area contributed by atoms with E-state index in [1.165, 1.54) is 0 Å². The lowest BCUT2D eigenvalue weighted by Crippen LogP contribution is -2.49. The van der Waals surface area contributed by atoms with Gasteiger partial charge in [-0.1, -0.05) is 15.9 Å². The van der Waals surface area contributed by atoms with Gasteiger partial charge in [-0.05, 0) is 49.4 Å². The first-order valence-electron chi connectivity index (χ1n) is 9.53. The highest BCUT2D eigenvalue weighted by atomic mass is 79.9. The third kappa shape index (κ3) is 3.93. The van der Waals surface area contributed by atoms with Crippen molar-refractivity contribution in [2.24, 2.45) is 0 Å². The van der Waals surface area contributed by atoms with Crippen molar-refractivity contribution in [1.82, 2.24) is 9.88 Å². The van der Waals surface area contributed by atoms with E-state index in [1.807, 2.05) is 53.6 Å². The van der Waals surface area contributed by atoms with Gasteiger partial charge in [-0.2, -0.15) is 0 Å². The number of hydrogen-bond acceptors (Lipinski definition) is 4. The number of ketones is 1. The molecule has 0 bridgehead atoms. The van der Waals surface area contributed by atoms with Crippen molar-refractivity contribution in [3.63, 3.8) is 0 Å². The molecule has 0 radical (unpaired) electrons. The summed E-state index contributed by atoms with van der Waals surface area (Å²) < 4.78 is 0.925. The van der Waals surface area contributed by atoms with Gasteiger partial charge < -0.3 is 15.0 Å². The third-order valence-corrected chi connectivity index (χ3v) is 6.02. The van der Waals surface area contributed by atoms with Crippen LogP contribution in [0.15, 0.2) is 53.1 Å². The summed E-state index contributed by atoms with van der Waals surface area (Å²) >= 11 is 3.48. The quantitative estimate of drug-likeness (QED) is 0.566. The van der Waals surface area contributed by atoms with Gasteiger partial charge in [0.1, 0.15) is 6.04 Å². The number of nitrogens with one attached hydrogen (secondary N) is 1. The van der Waals surface area contributed by atoms with Gasteiger partial charge in [0.2, 0.25) is 0 Å². The number of carboxylic acid groups (broad SMARTS) is 1. The molecule has 1 aliphatic rings. The molecule has 3 aromatic rings. The molecule has 7 heteroatoms. The Bertz CT molecular complexity index is 1050. The first kappa shape index (κ1) is 19.7. The minimum atomic E-state index is -0.842. The molecule has 1 fully saturated rings. The number of carbonyl (C=O) groups excluding carboxylic acids is 1. The maximum Gasteiger partial charge on any atom is 0.325 e. The highest BCUT2D eigenvalue weighted by Crippen LogP contribution is 2.31. The van der Waals surface area contributed by atoms with Crippen LogP contribution in [0.3, 0.4) is 0 Å². The molecule has 0 saturated carbocycles. The Morgan fingerprint density at radius 1 is 1.07 bits per heavy atom. The first-order valence-corrected chi connectivity index (χ1v) is 10.3. The van der Waals surface area contributed by atoms with E-state index >= 15 is 0 Å². The van der Waals surface area contributed by atoms with E-state index in [2.05, 4.69) is 25.8 Å². The SMILES string of the molecule is CC(=O)c1ccc(N2CCN([C@H](C(=O)O)c3c[nH]c4ccc(Br)cc34)CC2)cc1. The van der Waals surface area contributed by atoms with Crippen molar-refractivity contribution in [2.75, 3.05) is 31.1 Å². The summed E-state index contributed by atoms with van der Waals surface area (Å²) in [7, 11) is 0. The average molecular weight is 456 g/mol. The Hall–Kier alpha value is -2.64. The number of aromatic nitrogens is 1. The van der Waals surface area contributed by atoms with Crippen LogP contribution >= 0.6 is 15.9 Å². The van der Waals surface area contributed by atoms with E-state index in [-0.39, 0.29) is 5.78 Å². The molecule has 29 heavy (non-hydrogen) atoms. The highest BCUT2D eigenvalue weighted by Gasteiger charge is 2.32. The van der Waals surface area contributed by atoms with E-state index in [4.69, 9.17) is 0 Å². The molecule has 1 aliphatic heterocycles. The molecule has 0 amide bonds. The highest BCUT2D eigenvalue weighted by molar-refractivity contribution is 9.10. The van der Waals surface area contributed by atoms with E-state index in [0.717, 1.165) is 39.7 Å². The lowest BCUT2D eigenvalue weighted by Gasteiger charge is -2.38. The lowest BCUT2D eigenvalue weighted by atomic mass is 10.0. The zero-order valence-electron chi connectivity index (χ0n) is 16.1. The average Bonchev–Trinajstić information content (AvgIpc) is 3.11. The number of H-pyrrole nitrogens is 1. The molecule has 2 heterocycles. The Labute approximate surface area is 177 Å². The summed E-state index contributed by atoms with van der Waals surface area (Å²) in [5.41, 5.74) is 3.47. The van der Waals surface area contributed by atoms with E-state index in [9.17, 15) is 14.7 Å². The molecule has 6 nitrogen and oxygen atoms in total. The van der Waals surface area contributed by atoms with Crippen molar-refractivity contribution in [3.05, 3.63) is 64.3 Å². The fraction of sp³-hybridized carbons (Fsp3) is 0.273. The number of carboxylic acids is 1. The van der Waals surface area contributed by atoms with Crippen LogP contribution in [-0.4, -0.2) is 52.9 Å². The Morgan fingerprint density at radius 3 is 2.38 bits per heavy atom. The predicted molar refractivity (Wildman–Crippen MR) is 117 cm³/mol. The number of fused-ring (bicyclic) bond motifs is 1. The summed E-state index contributed by atoms with van der Waals surface area (Å²) in [6.45, 7) is 4.31. The Morgan fingerprint density at radius 2 is 1.76 bits per heavy atom.